The van der Waals surface area contributed by atoms with Crippen LogP contribution < -0.4 is 5.32 Å². The van der Waals surface area contributed by atoms with E-state index in [1.807, 2.05) is 4.90 Å². The highest BCUT2D eigenvalue weighted by molar-refractivity contribution is 5.76. The summed E-state index contributed by atoms with van der Waals surface area (Å²) in [4.78, 5) is 14.0. The number of likely N-dealkylation sites (tertiary alicyclic amines) is 1. The van der Waals surface area contributed by atoms with Gasteiger partial charge in [-0.25, -0.2) is 4.39 Å². The fraction of sp³-hybridized carbons (Fsp3) is 0.533. The summed E-state index contributed by atoms with van der Waals surface area (Å²) < 4.78 is 13.0. The molecule has 104 valence electrons. The maximum Gasteiger partial charge on any atom is 0.224 e. The Morgan fingerprint density at radius 3 is 2.63 bits per heavy atom. The standard InChI is InChI=1S/C15H21FN2O/c16-13-6-5-7-14(12-13)17-9-8-15(19)18-10-3-1-2-4-11-18/h5-7,12,17H,1-4,8-11H2. The summed E-state index contributed by atoms with van der Waals surface area (Å²) in [7, 11) is 0. The van der Waals surface area contributed by atoms with E-state index in [4.69, 9.17) is 0 Å². The lowest BCUT2D eigenvalue weighted by Gasteiger charge is -2.20. The van der Waals surface area contributed by atoms with E-state index in [-0.39, 0.29) is 11.7 Å². The first-order valence-electron chi connectivity index (χ1n) is 7.03. The maximum absolute atomic E-state index is 13.0. The molecule has 1 aromatic carbocycles. The van der Waals surface area contributed by atoms with E-state index in [0.717, 1.165) is 31.6 Å². The summed E-state index contributed by atoms with van der Waals surface area (Å²) in [6.45, 7) is 2.33. The molecule has 0 saturated carbocycles. The molecule has 0 aromatic heterocycles. The molecule has 4 heteroatoms. The molecule has 1 heterocycles. The first-order valence-corrected chi connectivity index (χ1v) is 7.03. The minimum atomic E-state index is -0.260. The molecule has 1 aliphatic rings. The Hall–Kier alpha value is -1.58. The summed E-state index contributed by atoms with van der Waals surface area (Å²) in [6, 6.07) is 6.32. The zero-order valence-corrected chi connectivity index (χ0v) is 11.2. The van der Waals surface area contributed by atoms with Crippen LogP contribution in [-0.2, 0) is 4.79 Å². The van der Waals surface area contributed by atoms with Crippen LogP contribution in [0.2, 0.25) is 0 Å². The molecule has 19 heavy (non-hydrogen) atoms. The van der Waals surface area contributed by atoms with Crippen molar-refractivity contribution < 1.29 is 9.18 Å². The number of carbonyl (C=O) groups excluding carboxylic acids is 1. The second-order valence-electron chi connectivity index (χ2n) is 4.98. The molecule has 1 saturated heterocycles. The van der Waals surface area contributed by atoms with Crippen LogP contribution in [0, 0.1) is 5.82 Å². The van der Waals surface area contributed by atoms with Gasteiger partial charge < -0.3 is 10.2 Å². The lowest BCUT2D eigenvalue weighted by atomic mass is 10.2. The van der Waals surface area contributed by atoms with Gasteiger partial charge in [-0.15, -0.1) is 0 Å². The number of hydrogen-bond donors (Lipinski definition) is 1. The van der Waals surface area contributed by atoms with Gasteiger partial charge in [0.25, 0.3) is 0 Å². The Kier molecular flexibility index (Phi) is 5.19. The molecule has 1 aromatic rings. The minimum absolute atomic E-state index is 0.200. The highest BCUT2D eigenvalue weighted by atomic mass is 19.1. The third-order valence-corrected chi connectivity index (χ3v) is 3.45. The Balaban J connectivity index is 1.74. The van der Waals surface area contributed by atoms with Gasteiger partial charge in [-0.1, -0.05) is 18.9 Å². The van der Waals surface area contributed by atoms with E-state index in [0.29, 0.717) is 13.0 Å². The fourth-order valence-corrected chi connectivity index (χ4v) is 2.39. The van der Waals surface area contributed by atoms with Gasteiger partial charge in [0.05, 0.1) is 0 Å². The zero-order chi connectivity index (χ0) is 13.5. The zero-order valence-electron chi connectivity index (χ0n) is 11.2. The average Bonchev–Trinajstić information content (AvgIpc) is 2.67. The van der Waals surface area contributed by atoms with Crippen molar-refractivity contribution in [2.75, 3.05) is 25.0 Å². The fourth-order valence-electron chi connectivity index (χ4n) is 2.39. The van der Waals surface area contributed by atoms with Crippen LogP contribution in [0.1, 0.15) is 32.1 Å². The van der Waals surface area contributed by atoms with Crippen molar-refractivity contribution >= 4 is 11.6 Å². The Bertz CT molecular complexity index is 414. The van der Waals surface area contributed by atoms with Gasteiger partial charge in [-0.05, 0) is 31.0 Å². The molecule has 0 atom stereocenters. The number of rotatable bonds is 4. The lowest BCUT2D eigenvalue weighted by Crippen LogP contribution is -2.32. The number of benzene rings is 1. The smallest absolute Gasteiger partial charge is 0.224 e. The number of carbonyl (C=O) groups is 1. The molecular weight excluding hydrogens is 243 g/mol. The molecule has 3 nitrogen and oxygen atoms in total. The van der Waals surface area contributed by atoms with Gasteiger partial charge >= 0.3 is 0 Å². The number of hydrogen-bond acceptors (Lipinski definition) is 2. The van der Waals surface area contributed by atoms with Crippen molar-refractivity contribution in [3.8, 4) is 0 Å². The highest BCUT2D eigenvalue weighted by Crippen LogP contribution is 2.12. The van der Waals surface area contributed by atoms with Gasteiger partial charge in [0.1, 0.15) is 5.82 Å². The molecule has 1 aliphatic heterocycles. The number of amides is 1. The Labute approximate surface area is 113 Å². The van der Waals surface area contributed by atoms with Gasteiger partial charge in [-0.3, -0.25) is 4.79 Å². The average molecular weight is 264 g/mol. The van der Waals surface area contributed by atoms with Crippen molar-refractivity contribution in [2.45, 2.75) is 32.1 Å². The minimum Gasteiger partial charge on any atom is -0.384 e. The lowest BCUT2D eigenvalue weighted by molar-refractivity contribution is -0.130. The summed E-state index contributed by atoms with van der Waals surface area (Å²) in [5, 5.41) is 3.08. The van der Waals surface area contributed by atoms with Gasteiger partial charge in [0.15, 0.2) is 0 Å². The molecule has 0 bridgehead atoms. The predicted molar refractivity (Wildman–Crippen MR) is 74.6 cm³/mol. The van der Waals surface area contributed by atoms with Crippen LogP contribution in [-0.4, -0.2) is 30.4 Å². The van der Waals surface area contributed by atoms with E-state index < -0.39 is 0 Å². The molecular formula is C15H21FN2O. The Morgan fingerprint density at radius 2 is 1.95 bits per heavy atom. The Morgan fingerprint density at radius 1 is 1.21 bits per heavy atom. The summed E-state index contributed by atoms with van der Waals surface area (Å²) in [5.41, 5.74) is 0.726. The van der Waals surface area contributed by atoms with Gasteiger partial charge in [0, 0.05) is 31.7 Å². The molecule has 0 unspecified atom stereocenters. The van der Waals surface area contributed by atoms with Crippen molar-refractivity contribution in [3.63, 3.8) is 0 Å². The van der Waals surface area contributed by atoms with Crippen LogP contribution in [0.25, 0.3) is 0 Å². The topological polar surface area (TPSA) is 32.3 Å². The largest absolute Gasteiger partial charge is 0.384 e. The van der Waals surface area contributed by atoms with Gasteiger partial charge in [-0.2, -0.15) is 0 Å². The second kappa shape index (κ2) is 7.12. The second-order valence-corrected chi connectivity index (χ2v) is 4.98. The van der Waals surface area contributed by atoms with E-state index in [1.165, 1.54) is 25.0 Å². The van der Waals surface area contributed by atoms with E-state index in [9.17, 15) is 9.18 Å². The van der Waals surface area contributed by atoms with Crippen molar-refractivity contribution in [2.24, 2.45) is 0 Å². The van der Waals surface area contributed by atoms with Crippen molar-refractivity contribution in [1.29, 1.82) is 0 Å². The van der Waals surface area contributed by atoms with Gasteiger partial charge in [0.2, 0.25) is 5.91 Å². The third kappa shape index (κ3) is 4.54. The van der Waals surface area contributed by atoms with E-state index >= 15 is 0 Å². The molecule has 2 rings (SSSR count). The monoisotopic (exact) mass is 264 g/mol. The van der Waals surface area contributed by atoms with Crippen LogP contribution in [0.5, 0.6) is 0 Å². The maximum atomic E-state index is 13.0. The SMILES string of the molecule is O=C(CCNc1cccc(F)c1)N1CCCCCC1. The van der Waals surface area contributed by atoms with Crippen LogP contribution in [0.4, 0.5) is 10.1 Å². The van der Waals surface area contributed by atoms with Crippen LogP contribution >= 0.6 is 0 Å². The van der Waals surface area contributed by atoms with Crippen LogP contribution in [0.15, 0.2) is 24.3 Å². The third-order valence-electron chi connectivity index (χ3n) is 3.45. The first kappa shape index (κ1) is 13.8. The van der Waals surface area contributed by atoms with Crippen molar-refractivity contribution in [1.82, 2.24) is 4.90 Å². The number of halogens is 1. The first-order chi connectivity index (χ1) is 9.25. The number of nitrogens with zero attached hydrogens (tertiary/aromatic N) is 1. The van der Waals surface area contributed by atoms with Crippen LogP contribution in [0.3, 0.4) is 0 Å². The van der Waals surface area contributed by atoms with E-state index in [1.54, 1.807) is 12.1 Å². The molecule has 1 N–H and O–H groups in total. The van der Waals surface area contributed by atoms with E-state index in [2.05, 4.69) is 5.32 Å². The molecule has 1 amide bonds. The predicted octanol–water partition coefficient (Wildman–Crippen LogP) is 3.03. The summed E-state index contributed by atoms with van der Waals surface area (Å²) in [5.74, 6) is -0.0605. The summed E-state index contributed by atoms with van der Waals surface area (Å²) >= 11 is 0. The molecule has 0 aliphatic carbocycles. The summed E-state index contributed by atoms with van der Waals surface area (Å²) in [6.07, 6.45) is 5.15. The number of anilines is 1. The molecule has 0 spiro atoms. The highest BCUT2D eigenvalue weighted by Gasteiger charge is 2.14. The normalized spacial score (nSPS) is 15.9. The number of nitrogens with one attached hydrogen (secondary N) is 1. The van der Waals surface area contributed by atoms with Crippen molar-refractivity contribution in [3.05, 3.63) is 30.1 Å². The molecule has 0 radical (unpaired) electrons. The molecule has 1 fully saturated rings. The quantitative estimate of drug-likeness (QED) is 0.906.